The van der Waals surface area contributed by atoms with E-state index >= 15 is 0 Å². The largest absolute Gasteiger partial charge is 0.352 e. The van der Waals surface area contributed by atoms with Gasteiger partial charge in [0, 0.05) is 10.5 Å². The molecule has 1 fully saturated rings. The maximum absolute atomic E-state index is 12.1. The van der Waals surface area contributed by atoms with Crippen LogP contribution in [0.2, 0.25) is 0 Å². The van der Waals surface area contributed by atoms with Gasteiger partial charge >= 0.3 is 0 Å². The summed E-state index contributed by atoms with van der Waals surface area (Å²) in [5.74, 6) is -0.110. The third-order valence-corrected chi connectivity index (χ3v) is 4.24. The Morgan fingerprint density at radius 1 is 1.27 bits per heavy atom. The van der Waals surface area contributed by atoms with Crippen LogP contribution in [0.5, 0.6) is 0 Å². The number of rotatable bonds is 7. The van der Waals surface area contributed by atoms with Gasteiger partial charge in [0.1, 0.15) is 0 Å². The summed E-state index contributed by atoms with van der Waals surface area (Å²) in [6.45, 7) is 2.39. The molecule has 1 saturated carbocycles. The summed E-state index contributed by atoms with van der Waals surface area (Å²) in [4.78, 5) is 25.5. The third-order valence-electron chi connectivity index (χ3n) is 3.52. The molecule has 6 heteroatoms. The summed E-state index contributed by atoms with van der Waals surface area (Å²) in [5, 5.41) is 5.87. The Morgan fingerprint density at radius 2 is 1.91 bits per heavy atom. The van der Waals surface area contributed by atoms with Gasteiger partial charge in [-0.25, -0.2) is 0 Å². The molecule has 120 valence electrons. The van der Waals surface area contributed by atoms with Crippen LogP contribution < -0.4 is 10.6 Å². The average Bonchev–Trinajstić information content (AvgIpc) is 3.22. The molecule has 0 aromatic heterocycles. The molecule has 0 saturated heterocycles. The Kier molecular flexibility index (Phi) is 5.97. The van der Waals surface area contributed by atoms with Crippen molar-refractivity contribution < 1.29 is 9.59 Å². The van der Waals surface area contributed by atoms with Gasteiger partial charge in [-0.05, 0) is 38.4 Å². The van der Waals surface area contributed by atoms with Gasteiger partial charge in [0.05, 0.1) is 19.1 Å². The Hall–Kier alpha value is -1.40. The van der Waals surface area contributed by atoms with Crippen molar-refractivity contribution in [1.82, 2.24) is 15.5 Å². The number of likely N-dealkylation sites (N-methyl/N-ethyl adjacent to an activating group) is 1. The molecule has 0 heterocycles. The lowest BCUT2D eigenvalue weighted by Gasteiger charge is -2.19. The number of hydrogen-bond acceptors (Lipinski definition) is 3. The number of halogens is 1. The van der Waals surface area contributed by atoms with Crippen molar-refractivity contribution in [2.75, 3.05) is 20.1 Å². The molecule has 5 nitrogen and oxygen atoms in total. The lowest BCUT2D eigenvalue weighted by molar-refractivity contribution is -0.125. The molecule has 2 N–H and O–H groups in total. The first-order chi connectivity index (χ1) is 10.5. The lowest BCUT2D eigenvalue weighted by atomic mass is 10.1. The summed E-state index contributed by atoms with van der Waals surface area (Å²) < 4.78 is 0.972. The lowest BCUT2D eigenvalue weighted by Crippen LogP contribution is -2.41. The molecule has 22 heavy (non-hydrogen) atoms. The second-order valence-corrected chi connectivity index (χ2v) is 6.68. The number of carbonyl (C=O) groups excluding carboxylic acids is 2. The molecule has 1 aromatic carbocycles. The van der Waals surface area contributed by atoms with Crippen LogP contribution in [-0.2, 0) is 9.59 Å². The first-order valence-corrected chi connectivity index (χ1v) is 8.26. The van der Waals surface area contributed by atoms with E-state index in [9.17, 15) is 9.59 Å². The molecule has 0 unspecified atom stereocenters. The van der Waals surface area contributed by atoms with Crippen LogP contribution in [0.4, 0.5) is 0 Å². The molecular formula is C16H22BrN3O2. The Labute approximate surface area is 139 Å². The second-order valence-electron chi connectivity index (χ2n) is 5.82. The topological polar surface area (TPSA) is 61.4 Å². The number of benzene rings is 1. The first-order valence-electron chi connectivity index (χ1n) is 7.47. The van der Waals surface area contributed by atoms with Gasteiger partial charge in [-0.2, -0.15) is 0 Å². The molecule has 0 aliphatic heterocycles. The maximum Gasteiger partial charge on any atom is 0.234 e. The minimum Gasteiger partial charge on any atom is -0.352 e. The fraction of sp³-hybridized carbons (Fsp3) is 0.500. The van der Waals surface area contributed by atoms with E-state index in [0.29, 0.717) is 6.04 Å². The highest BCUT2D eigenvalue weighted by Gasteiger charge is 2.23. The molecule has 2 rings (SSSR count). The summed E-state index contributed by atoms with van der Waals surface area (Å²) in [5.41, 5.74) is 1.03. The van der Waals surface area contributed by atoms with Crippen molar-refractivity contribution in [3.8, 4) is 0 Å². The van der Waals surface area contributed by atoms with Crippen LogP contribution in [-0.4, -0.2) is 42.9 Å². The second kappa shape index (κ2) is 7.74. The molecule has 0 radical (unpaired) electrons. The van der Waals surface area contributed by atoms with Crippen LogP contribution in [0, 0.1) is 0 Å². The highest BCUT2D eigenvalue weighted by Crippen LogP contribution is 2.22. The predicted molar refractivity (Wildman–Crippen MR) is 89.4 cm³/mol. The Morgan fingerprint density at radius 3 is 2.55 bits per heavy atom. The zero-order valence-corrected chi connectivity index (χ0v) is 14.5. The summed E-state index contributed by atoms with van der Waals surface area (Å²) >= 11 is 3.48. The molecular weight excluding hydrogens is 346 g/mol. The summed E-state index contributed by atoms with van der Waals surface area (Å²) in [7, 11) is 1.77. The van der Waals surface area contributed by atoms with Gasteiger partial charge in [-0.15, -0.1) is 0 Å². The minimum atomic E-state index is -0.0926. The van der Waals surface area contributed by atoms with E-state index in [1.807, 2.05) is 31.2 Å². The Bertz CT molecular complexity index is 546. The molecule has 0 bridgehead atoms. The molecule has 1 aliphatic carbocycles. The number of nitrogens with zero attached hydrogens (tertiary/aromatic N) is 1. The SMILES string of the molecule is C[C@@H](NC(=O)CN(C)CC(=O)NC1CC1)c1ccccc1Br. The van der Waals surface area contributed by atoms with Crippen molar-refractivity contribution in [3.63, 3.8) is 0 Å². The number of amides is 2. The first kappa shape index (κ1) is 17.0. The number of carbonyl (C=O) groups is 2. The van der Waals surface area contributed by atoms with Crippen molar-refractivity contribution in [2.24, 2.45) is 0 Å². The van der Waals surface area contributed by atoms with Crippen LogP contribution in [0.1, 0.15) is 31.4 Å². The quantitative estimate of drug-likeness (QED) is 0.772. The van der Waals surface area contributed by atoms with Gasteiger partial charge < -0.3 is 10.6 Å². The highest BCUT2D eigenvalue weighted by atomic mass is 79.9. The van der Waals surface area contributed by atoms with E-state index in [1.54, 1.807) is 11.9 Å². The summed E-state index contributed by atoms with van der Waals surface area (Å²) in [6, 6.07) is 8.07. The van der Waals surface area contributed by atoms with E-state index in [1.165, 1.54) is 0 Å². The van der Waals surface area contributed by atoms with E-state index in [4.69, 9.17) is 0 Å². The molecule has 1 aromatic rings. The van der Waals surface area contributed by atoms with E-state index in [0.717, 1.165) is 22.9 Å². The number of hydrogen-bond donors (Lipinski definition) is 2. The third kappa shape index (κ3) is 5.42. The van der Waals surface area contributed by atoms with E-state index in [-0.39, 0.29) is 30.9 Å². The summed E-state index contributed by atoms with van der Waals surface area (Å²) in [6.07, 6.45) is 2.14. The van der Waals surface area contributed by atoms with Crippen molar-refractivity contribution in [2.45, 2.75) is 31.8 Å². The zero-order chi connectivity index (χ0) is 16.1. The predicted octanol–water partition coefficient (Wildman–Crippen LogP) is 1.84. The Balaban J connectivity index is 1.76. The van der Waals surface area contributed by atoms with Crippen LogP contribution in [0.15, 0.2) is 28.7 Å². The average molecular weight is 368 g/mol. The van der Waals surface area contributed by atoms with Crippen LogP contribution in [0.25, 0.3) is 0 Å². The van der Waals surface area contributed by atoms with Crippen molar-refractivity contribution in [3.05, 3.63) is 34.3 Å². The molecule has 2 amide bonds. The monoisotopic (exact) mass is 367 g/mol. The van der Waals surface area contributed by atoms with Gasteiger partial charge in [0.25, 0.3) is 0 Å². The fourth-order valence-electron chi connectivity index (χ4n) is 2.24. The smallest absolute Gasteiger partial charge is 0.234 e. The van der Waals surface area contributed by atoms with Crippen molar-refractivity contribution >= 4 is 27.7 Å². The van der Waals surface area contributed by atoms with Gasteiger partial charge in [0.2, 0.25) is 11.8 Å². The van der Waals surface area contributed by atoms with Crippen LogP contribution >= 0.6 is 15.9 Å². The maximum atomic E-state index is 12.1. The zero-order valence-electron chi connectivity index (χ0n) is 12.9. The van der Waals surface area contributed by atoms with Gasteiger partial charge in [0.15, 0.2) is 0 Å². The van der Waals surface area contributed by atoms with Crippen LogP contribution in [0.3, 0.4) is 0 Å². The fourth-order valence-corrected chi connectivity index (χ4v) is 2.87. The minimum absolute atomic E-state index is 0.0170. The van der Waals surface area contributed by atoms with E-state index in [2.05, 4.69) is 26.6 Å². The normalized spacial score (nSPS) is 15.5. The van der Waals surface area contributed by atoms with Gasteiger partial charge in [-0.1, -0.05) is 34.1 Å². The standard InChI is InChI=1S/C16H22BrN3O2/c1-11(13-5-3-4-6-14(13)17)18-15(21)9-20(2)10-16(22)19-12-7-8-12/h3-6,11-12H,7-10H2,1-2H3,(H,18,21)(H,19,22)/t11-/m1/s1. The van der Waals surface area contributed by atoms with Gasteiger partial charge in [-0.3, -0.25) is 14.5 Å². The highest BCUT2D eigenvalue weighted by molar-refractivity contribution is 9.10. The van der Waals surface area contributed by atoms with E-state index < -0.39 is 0 Å². The number of nitrogens with one attached hydrogen (secondary N) is 2. The van der Waals surface area contributed by atoms with Crippen molar-refractivity contribution in [1.29, 1.82) is 0 Å². The molecule has 1 aliphatic rings. The molecule has 0 spiro atoms. The molecule has 1 atom stereocenters.